The van der Waals surface area contributed by atoms with Crippen LogP contribution in [0.4, 0.5) is 4.39 Å². The fourth-order valence-electron chi connectivity index (χ4n) is 2.48. The SMILES string of the molecule is CCNC(COc1cc(C)ccc1F)(C(N)=O)C1CC1. The number of carbonyl (C=O) groups excluding carboxylic acids is 1. The van der Waals surface area contributed by atoms with Gasteiger partial charge in [-0.2, -0.15) is 0 Å². The van der Waals surface area contributed by atoms with Crippen LogP contribution in [0.5, 0.6) is 5.75 Å². The summed E-state index contributed by atoms with van der Waals surface area (Å²) in [6.07, 6.45) is 1.88. The first-order valence-corrected chi connectivity index (χ1v) is 6.93. The first-order chi connectivity index (χ1) is 9.49. The van der Waals surface area contributed by atoms with E-state index in [1.165, 1.54) is 6.07 Å². The van der Waals surface area contributed by atoms with Gasteiger partial charge in [-0.25, -0.2) is 4.39 Å². The number of hydrogen-bond donors (Lipinski definition) is 2. The van der Waals surface area contributed by atoms with Crippen molar-refractivity contribution in [2.45, 2.75) is 32.2 Å². The van der Waals surface area contributed by atoms with Crippen LogP contribution >= 0.6 is 0 Å². The number of ether oxygens (including phenoxy) is 1. The molecule has 1 saturated carbocycles. The summed E-state index contributed by atoms with van der Waals surface area (Å²) >= 11 is 0. The number of benzene rings is 1. The monoisotopic (exact) mass is 280 g/mol. The summed E-state index contributed by atoms with van der Waals surface area (Å²) in [4.78, 5) is 11.9. The molecular formula is C15H21FN2O2. The van der Waals surface area contributed by atoms with Gasteiger partial charge in [-0.05, 0) is 49.9 Å². The minimum absolute atomic E-state index is 0.0568. The van der Waals surface area contributed by atoms with Gasteiger partial charge in [-0.1, -0.05) is 13.0 Å². The summed E-state index contributed by atoms with van der Waals surface area (Å²) in [5, 5.41) is 3.14. The van der Waals surface area contributed by atoms with Crippen LogP contribution in [0.3, 0.4) is 0 Å². The highest BCUT2D eigenvalue weighted by Crippen LogP contribution is 2.40. The Morgan fingerprint density at radius 1 is 1.55 bits per heavy atom. The maximum absolute atomic E-state index is 13.7. The molecule has 4 nitrogen and oxygen atoms in total. The lowest BCUT2D eigenvalue weighted by atomic mass is 9.93. The highest BCUT2D eigenvalue weighted by Gasteiger charge is 2.50. The van der Waals surface area contributed by atoms with Crippen molar-refractivity contribution in [1.29, 1.82) is 0 Å². The van der Waals surface area contributed by atoms with E-state index in [1.54, 1.807) is 12.1 Å². The molecule has 1 aliphatic carbocycles. The molecular weight excluding hydrogens is 259 g/mol. The van der Waals surface area contributed by atoms with Gasteiger partial charge in [0.2, 0.25) is 5.91 Å². The number of nitrogens with one attached hydrogen (secondary N) is 1. The Morgan fingerprint density at radius 2 is 2.25 bits per heavy atom. The van der Waals surface area contributed by atoms with E-state index in [0.717, 1.165) is 18.4 Å². The third kappa shape index (κ3) is 2.93. The molecule has 0 heterocycles. The summed E-state index contributed by atoms with van der Waals surface area (Å²) in [6.45, 7) is 4.44. The largest absolute Gasteiger partial charge is 0.488 e. The van der Waals surface area contributed by atoms with Crippen molar-refractivity contribution >= 4 is 5.91 Å². The molecule has 1 atom stereocenters. The number of aryl methyl sites for hydroxylation is 1. The molecule has 1 aromatic carbocycles. The Bertz CT molecular complexity index is 503. The van der Waals surface area contributed by atoms with Crippen LogP contribution in [-0.4, -0.2) is 24.6 Å². The second-order valence-corrected chi connectivity index (χ2v) is 5.36. The van der Waals surface area contributed by atoms with Gasteiger partial charge in [0.15, 0.2) is 11.6 Å². The molecule has 0 radical (unpaired) electrons. The third-order valence-corrected chi connectivity index (χ3v) is 3.75. The summed E-state index contributed by atoms with van der Waals surface area (Å²) in [6, 6.07) is 4.66. The van der Waals surface area contributed by atoms with Gasteiger partial charge >= 0.3 is 0 Å². The zero-order valence-corrected chi connectivity index (χ0v) is 11.9. The molecule has 0 spiro atoms. The van der Waals surface area contributed by atoms with E-state index in [0.29, 0.717) is 6.54 Å². The normalized spacial score (nSPS) is 17.6. The number of carbonyl (C=O) groups is 1. The fourth-order valence-corrected chi connectivity index (χ4v) is 2.48. The number of nitrogens with two attached hydrogens (primary N) is 1. The summed E-state index contributed by atoms with van der Waals surface area (Å²) in [7, 11) is 0. The summed E-state index contributed by atoms with van der Waals surface area (Å²) < 4.78 is 19.2. The predicted octanol–water partition coefficient (Wildman–Crippen LogP) is 1.76. The van der Waals surface area contributed by atoms with Crippen LogP contribution in [0.2, 0.25) is 0 Å². The first kappa shape index (κ1) is 14.8. The van der Waals surface area contributed by atoms with Crippen molar-refractivity contribution in [3.05, 3.63) is 29.6 Å². The second kappa shape index (κ2) is 5.79. The van der Waals surface area contributed by atoms with E-state index < -0.39 is 17.3 Å². The molecule has 3 N–H and O–H groups in total. The molecule has 1 aromatic rings. The van der Waals surface area contributed by atoms with E-state index in [2.05, 4.69) is 5.32 Å². The molecule has 5 heteroatoms. The Balaban J connectivity index is 2.16. The maximum Gasteiger partial charge on any atom is 0.241 e. The topological polar surface area (TPSA) is 64.3 Å². The van der Waals surface area contributed by atoms with E-state index in [9.17, 15) is 9.18 Å². The molecule has 0 aromatic heterocycles. The van der Waals surface area contributed by atoms with Crippen LogP contribution in [0, 0.1) is 18.7 Å². The third-order valence-electron chi connectivity index (χ3n) is 3.75. The minimum atomic E-state index is -0.898. The number of primary amides is 1. The average molecular weight is 280 g/mol. The highest BCUT2D eigenvalue weighted by molar-refractivity contribution is 5.85. The van der Waals surface area contributed by atoms with Gasteiger partial charge in [0.25, 0.3) is 0 Å². The van der Waals surface area contributed by atoms with Crippen molar-refractivity contribution in [3.63, 3.8) is 0 Å². The number of halogens is 1. The lowest BCUT2D eigenvalue weighted by Gasteiger charge is -2.31. The van der Waals surface area contributed by atoms with Crippen molar-refractivity contribution in [2.24, 2.45) is 11.7 Å². The molecule has 0 aliphatic heterocycles. The van der Waals surface area contributed by atoms with Crippen LogP contribution in [0.15, 0.2) is 18.2 Å². The van der Waals surface area contributed by atoms with Crippen LogP contribution in [0.25, 0.3) is 0 Å². The number of likely N-dealkylation sites (N-methyl/N-ethyl adjacent to an activating group) is 1. The molecule has 1 fully saturated rings. The van der Waals surface area contributed by atoms with Gasteiger partial charge in [0.1, 0.15) is 12.1 Å². The molecule has 1 unspecified atom stereocenters. The smallest absolute Gasteiger partial charge is 0.241 e. The summed E-state index contributed by atoms with van der Waals surface area (Å²) in [5.41, 5.74) is 5.56. The average Bonchev–Trinajstić information content (AvgIpc) is 3.22. The molecule has 2 rings (SSSR count). The maximum atomic E-state index is 13.7. The van der Waals surface area contributed by atoms with Gasteiger partial charge in [-0.15, -0.1) is 0 Å². The molecule has 0 saturated heterocycles. The van der Waals surface area contributed by atoms with Crippen LogP contribution in [0.1, 0.15) is 25.3 Å². The van der Waals surface area contributed by atoms with E-state index in [1.807, 2.05) is 13.8 Å². The fraction of sp³-hybridized carbons (Fsp3) is 0.533. The zero-order chi connectivity index (χ0) is 14.8. The summed E-state index contributed by atoms with van der Waals surface area (Å²) in [5.74, 6) is -0.529. The molecule has 20 heavy (non-hydrogen) atoms. The number of hydrogen-bond acceptors (Lipinski definition) is 3. The van der Waals surface area contributed by atoms with Gasteiger partial charge < -0.3 is 15.8 Å². The number of rotatable bonds is 7. The van der Waals surface area contributed by atoms with Gasteiger partial charge in [0.05, 0.1) is 0 Å². The van der Waals surface area contributed by atoms with Crippen molar-refractivity contribution in [3.8, 4) is 5.75 Å². The van der Waals surface area contributed by atoms with E-state index in [4.69, 9.17) is 10.5 Å². The second-order valence-electron chi connectivity index (χ2n) is 5.36. The minimum Gasteiger partial charge on any atom is -0.488 e. The lowest BCUT2D eigenvalue weighted by Crippen LogP contribution is -2.61. The molecule has 1 amide bonds. The molecule has 1 aliphatic rings. The first-order valence-electron chi connectivity index (χ1n) is 6.93. The van der Waals surface area contributed by atoms with Crippen LogP contribution < -0.4 is 15.8 Å². The van der Waals surface area contributed by atoms with E-state index in [-0.39, 0.29) is 18.3 Å². The quantitative estimate of drug-likeness (QED) is 0.800. The Labute approximate surface area is 118 Å². The van der Waals surface area contributed by atoms with Crippen molar-refractivity contribution in [1.82, 2.24) is 5.32 Å². The van der Waals surface area contributed by atoms with Gasteiger partial charge in [-0.3, -0.25) is 4.79 Å². The van der Waals surface area contributed by atoms with Crippen LogP contribution in [-0.2, 0) is 4.79 Å². The molecule has 0 bridgehead atoms. The predicted molar refractivity (Wildman–Crippen MR) is 75.0 cm³/mol. The van der Waals surface area contributed by atoms with E-state index >= 15 is 0 Å². The zero-order valence-electron chi connectivity index (χ0n) is 11.9. The Morgan fingerprint density at radius 3 is 2.80 bits per heavy atom. The molecule has 110 valence electrons. The van der Waals surface area contributed by atoms with Crippen molar-refractivity contribution in [2.75, 3.05) is 13.2 Å². The lowest BCUT2D eigenvalue weighted by molar-refractivity contribution is -0.126. The number of amides is 1. The Kier molecular flexibility index (Phi) is 4.28. The van der Waals surface area contributed by atoms with Gasteiger partial charge in [0, 0.05) is 0 Å². The standard InChI is InChI=1S/C15H21FN2O2/c1-3-18-15(14(17)19,11-5-6-11)9-20-13-8-10(2)4-7-12(13)16/h4,7-8,11,18H,3,5-6,9H2,1-2H3,(H2,17,19). The highest BCUT2D eigenvalue weighted by atomic mass is 19.1. The Hall–Kier alpha value is -1.62. The van der Waals surface area contributed by atoms with Crippen molar-refractivity contribution < 1.29 is 13.9 Å².